The van der Waals surface area contributed by atoms with E-state index in [4.69, 9.17) is 4.74 Å². The molecule has 1 amide bonds. The molecule has 122 valence electrons. The molecule has 0 radical (unpaired) electrons. The van der Waals surface area contributed by atoms with Crippen LogP contribution in [0.4, 0.5) is 0 Å². The molecule has 0 saturated carbocycles. The Morgan fingerprint density at radius 3 is 2.62 bits per heavy atom. The lowest BCUT2D eigenvalue weighted by atomic mass is 10.1. The van der Waals surface area contributed by atoms with Crippen molar-refractivity contribution >= 4 is 11.9 Å². The van der Waals surface area contributed by atoms with E-state index in [-0.39, 0.29) is 24.3 Å². The van der Waals surface area contributed by atoms with Crippen molar-refractivity contribution in [2.24, 2.45) is 0 Å². The summed E-state index contributed by atoms with van der Waals surface area (Å²) < 4.78 is 10.0. The van der Waals surface area contributed by atoms with Crippen LogP contribution in [0.1, 0.15) is 20.7 Å². The van der Waals surface area contributed by atoms with Crippen LogP contribution in [0.2, 0.25) is 0 Å². The Morgan fingerprint density at radius 2 is 1.92 bits per heavy atom. The van der Waals surface area contributed by atoms with Crippen LogP contribution in [0, 0.1) is 11.8 Å². The van der Waals surface area contributed by atoms with Crippen molar-refractivity contribution in [2.45, 2.75) is 0 Å². The van der Waals surface area contributed by atoms with Crippen molar-refractivity contribution in [2.75, 3.05) is 20.3 Å². The highest BCUT2D eigenvalue weighted by Crippen LogP contribution is 2.09. The summed E-state index contributed by atoms with van der Waals surface area (Å²) in [5.41, 5.74) is 0.461. The molecule has 1 aromatic carbocycles. The third-order valence-corrected chi connectivity index (χ3v) is 2.98. The lowest BCUT2D eigenvalue weighted by Crippen LogP contribution is -2.25. The first-order valence-corrected chi connectivity index (χ1v) is 7.16. The number of esters is 1. The monoisotopic (exact) mass is 324 g/mol. The van der Waals surface area contributed by atoms with Crippen molar-refractivity contribution < 1.29 is 19.1 Å². The van der Waals surface area contributed by atoms with Gasteiger partial charge in [0.15, 0.2) is 0 Å². The molecule has 1 heterocycles. The van der Waals surface area contributed by atoms with Gasteiger partial charge in [-0.3, -0.25) is 9.78 Å². The zero-order chi connectivity index (χ0) is 17.2. The van der Waals surface area contributed by atoms with Crippen LogP contribution >= 0.6 is 0 Å². The highest BCUT2D eigenvalue weighted by Gasteiger charge is 2.16. The van der Waals surface area contributed by atoms with Crippen molar-refractivity contribution in [1.29, 1.82) is 0 Å². The summed E-state index contributed by atoms with van der Waals surface area (Å²) >= 11 is 0. The van der Waals surface area contributed by atoms with E-state index in [0.29, 0.717) is 5.75 Å². The number of carbonyl (C=O) groups is 2. The number of ether oxygens (including phenoxy) is 2. The Labute approximate surface area is 139 Å². The summed E-state index contributed by atoms with van der Waals surface area (Å²) in [7, 11) is 1.27. The Balaban J connectivity index is 1.84. The van der Waals surface area contributed by atoms with Gasteiger partial charge in [-0.2, -0.15) is 0 Å². The molecular formula is C18H16N2O4. The summed E-state index contributed by atoms with van der Waals surface area (Å²) in [6.07, 6.45) is 3.24. The van der Waals surface area contributed by atoms with Crippen molar-refractivity contribution in [3.05, 3.63) is 59.9 Å². The van der Waals surface area contributed by atoms with Crippen molar-refractivity contribution in [1.82, 2.24) is 10.3 Å². The van der Waals surface area contributed by atoms with Crippen LogP contribution < -0.4 is 10.1 Å². The molecule has 0 aliphatic carbocycles. The van der Waals surface area contributed by atoms with Crippen LogP contribution in [0.25, 0.3) is 0 Å². The van der Waals surface area contributed by atoms with Gasteiger partial charge in [0.2, 0.25) is 0 Å². The fourth-order valence-corrected chi connectivity index (χ4v) is 1.85. The average Bonchev–Trinajstić information content (AvgIpc) is 2.64. The number of amides is 1. The molecule has 6 nitrogen and oxygen atoms in total. The number of carbonyl (C=O) groups excluding carboxylic acids is 2. The van der Waals surface area contributed by atoms with Gasteiger partial charge < -0.3 is 14.8 Å². The van der Waals surface area contributed by atoms with Gasteiger partial charge in [-0.25, -0.2) is 4.79 Å². The first-order valence-electron chi connectivity index (χ1n) is 7.16. The Kier molecular flexibility index (Phi) is 6.35. The maximum atomic E-state index is 12.1. The van der Waals surface area contributed by atoms with Crippen LogP contribution in [-0.4, -0.2) is 37.1 Å². The first kappa shape index (κ1) is 17.0. The number of hydrogen-bond donors (Lipinski definition) is 1. The van der Waals surface area contributed by atoms with Gasteiger partial charge in [-0.15, -0.1) is 0 Å². The first-order chi connectivity index (χ1) is 11.7. The number of benzene rings is 1. The molecule has 0 saturated heterocycles. The van der Waals surface area contributed by atoms with Crippen LogP contribution in [0.15, 0.2) is 48.8 Å². The number of pyridine rings is 1. The van der Waals surface area contributed by atoms with Gasteiger partial charge in [0.05, 0.1) is 31.0 Å². The molecule has 24 heavy (non-hydrogen) atoms. The smallest absolute Gasteiger partial charge is 0.338 e. The van der Waals surface area contributed by atoms with Gasteiger partial charge in [0.25, 0.3) is 5.91 Å². The molecule has 0 aliphatic rings. The largest absolute Gasteiger partial charge is 0.479 e. The molecule has 2 rings (SSSR count). The molecule has 0 bridgehead atoms. The number of aromatic nitrogens is 1. The SMILES string of the molecule is COC(=O)c1ccccc1C(=O)NCC#CCOc1cccnc1. The molecule has 1 N–H and O–H groups in total. The fraction of sp³-hybridized carbons (Fsp3) is 0.167. The van der Waals surface area contributed by atoms with Crippen molar-refractivity contribution in [3.8, 4) is 17.6 Å². The predicted octanol–water partition coefficient (Wildman–Crippen LogP) is 1.68. The van der Waals surface area contributed by atoms with E-state index in [1.54, 1.807) is 42.7 Å². The number of rotatable bonds is 5. The Morgan fingerprint density at radius 1 is 1.12 bits per heavy atom. The Bertz CT molecular complexity index is 763. The van der Waals surface area contributed by atoms with Gasteiger partial charge >= 0.3 is 5.97 Å². The second-order valence-corrected chi connectivity index (χ2v) is 4.55. The van der Waals surface area contributed by atoms with E-state index in [2.05, 4.69) is 26.9 Å². The lowest BCUT2D eigenvalue weighted by molar-refractivity contribution is 0.0596. The van der Waals surface area contributed by atoms with Crippen LogP contribution in [-0.2, 0) is 4.74 Å². The van der Waals surface area contributed by atoms with E-state index >= 15 is 0 Å². The van der Waals surface area contributed by atoms with E-state index in [1.165, 1.54) is 13.2 Å². The second-order valence-electron chi connectivity index (χ2n) is 4.55. The second kappa shape index (κ2) is 8.96. The lowest BCUT2D eigenvalue weighted by Gasteiger charge is -2.06. The normalized spacial score (nSPS) is 9.38. The standard InChI is InChI=1S/C18H16N2O4/c1-23-18(22)16-9-3-2-8-15(16)17(21)20-11-4-5-12-24-14-7-6-10-19-13-14/h2-3,6-10,13H,11-12H2,1H3,(H,20,21). The number of nitrogens with one attached hydrogen (secondary N) is 1. The number of nitrogens with zero attached hydrogens (tertiary/aromatic N) is 1. The quantitative estimate of drug-likeness (QED) is 0.669. The fourth-order valence-electron chi connectivity index (χ4n) is 1.85. The molecule has 0 fully saturated rings. The van der Waals surface area contributed by atoms with Crippen molar-refractivity contribution in [3.63, 3.8) is 0 Å². The third kappa shape index (κ3) is 4.85. The number of hydrogen-bond acceptors (Lipinski definition) is 5. The van der Waals surface area contributed by atoms with Gasteiger partial charge in [0, 0.05) is 6.20 Å². The predicted molar refractivity (Wildman–Crippen MR) is 87.6 cm³/mol. The summed E-state index contributed by atoms with van der Waals surface area (Å²) in [5, 5.41) is 2.63. The van der Waals surface area contributed by atoms with Gasteiger partial charge in [-0.05, 0) is 24.3 Å². The van der Waals surface area contributed by atoms with E-state index in [1.807, 2.05) is 0 Å². The minimum absolute atomic E-state index is 0.144. The van der Waals surface area contributed by atoms with Crippen LogP contribution in [0.5, 0.6) is 5.75 Å². The number of methoxy groups -OCH3 is 1. The molecular weight excluding hydrogens is 308 g/mol. The third-order valence-electron chi connectivity index (χ3n) is 2.98. The molecule has 0 aliphatic heterocycles. The molecule has 0 unspecified atom stereocenters. The van der Waals surface area contributed by atoms with E-state index in [0.717, 1.165) is 0 Å². The molecule has 0 spiro atoms. The zero-order valence-electron chi connectivity index (χ0n) is 13.1. The minimum atomic E-state index is -0.559. The molecule has 1 aromatic heterocycles. The maximum absolute atomic E-state index is 12.1. The summed E-state index contributed by atoms with van der Waals surface area (Å²) in [6, 6.07) is 9.98. The highest BCUT2D eigenvalue weighted by atomic mass is 16.5. The maximum Gasteiger partial charge on any atom is 0.338 e. The van der Waals surface area contributed by atoms with Crippen LogP contribution in [0.3, 0.4) is 0 Å². The summed E-state index contributed by atoms with van der Waals surface area (Å²) in [5.74, 6) is 5.24. The van der Waals surface area contributed by atoms with E-state index in [9.17, 15) is 9.59 Å². The highest BCUT2D eigenvalue weighted by molar-refractivity contribution is 6.05. The summed E-state index contributed by atoms with van der Waals surface area (Å²) in [4.78, 5) is 27.7. The zero-order valence-corrected chi connectivity index (χ0v) is 13.1. The molecule has 2 aromatic rings. The summed E-state index contributed by atoms with van der Waals surface area (Å²) in [6.45, 7) is 0.338. The van der Waals surface area contributed by atoms with E-state index < -0.39 is 11.9 Å². The molecule has 0 atom stereocenters. The minimum Gasteiger partial charge on any atom is -0.479 e. The van der Waals surface area contributed by atoms with Gasteiger partial charge in [0.1, 0.15) is 12.4 Å². The van der Waals surface area contributed by atoms with Gasteiger partial charge in [-0.1, -0.05) is 24.0 Å². The average molecular weight is 324 g/mol. The topological polar surface area (TPSA) is 77.5 Å². The molecule has 6 heteroatoms. The Hall–Kier alpha value is -3.33.